The smallest absolute Gasteiger partial charge is 0.0682 e. The van der Waals surface area contributed by atoms with Crippen LogP contribution in [0.15, 0.2) is 18.2 Å². The van der Waals surface area contributed by atoms with E-state index in [0.717, 1.165) is 24.3 Å². The fourth-order valence-corrected chi connectivity index (χ4v) is 2.29. The maximum absolute atomic E-state index is 9.16. The molecule has 0 spiro atoms. The molecular weight excluding hydrogens is 200 g/mol. The molecule has 1 aromatic rings. The number of nitrogens with one attached hydrogen (secondary N) is 1. The Morgan fingerprint density at radius 1 is 1.44 bits per heavy atom. The third-order valence-electron chi connectivity index (χ3n) is 3.03. The largest absolute Gasteiger partial charge is 0.392 e. The highest BCUT2D eigenvalue weighted by atomic mass is 16.3. The lowest BCUT2D eigenvalue weighted by Crippen LogP contribution is -2.48. The van der Waals surface area contributed by atoms with Crippen molar-refractivity contribution >= 4 is 11.4 Å². The van der Waals surface area contributed by atoms with Crippen molar-refractivity contribution in [3.05, 3.63) is 23.8 Å². The molecule has 3 heteroatoms. The van der Waals surface area contributed by atoms with Gasteiger partial charge in [0, 0.05) is 18.6 Å². The number of aliphatic hydroxyl groups is 1. The van der Waals surface area contributed by atoms with Gasteiger partial charge in [0.1, 0.15) is 0 Å². The molecular formula is C13H20N2O. The van der Waals surface area contributed by atoms with Crippen molar-refractivity contribution < 1.29 is 5.11 Å². The molecule has 0 unspecified atom stereocenters. The van der Waals surface area contributed by atoms with Crippen LogP contribution in [0.1, 0.15) is 26.3 Å². The molecule has 0 aliphatic carbocycles. The molecule has 2 N–H and O–H groups in total. The monoisotopic (exact) mass is 220 g/mol. The molecule has 0 amide bonds. The predicted molar refractivity (Wildman–Crippen MR) is 68.0 cm³/mol. The minimum atomic E-state index is 0.101. The van der Waals surface area contributed by atoms with Crippen molar-refractivity contribution in [1.29, 1.82) is 0 Å². The van der Waals surface area contributed by atoms with E-state index in [-0.39, 0.29) is 12.1 Å². The van der Waals surface area contributed by atoms with Crippen LogP contribution in [0.25, 0.3) is 0 Å². The lowest BCUT2D eigenvalue weighted by molar-refractivity contribution is 0.282. The summed E-state index contributed by atoms with van der Waals surface area (Å²) in [4.78, 5) is 2.35. The summed E-state index contributed by atoms with van der Waals surface area (Å²) in [6.45, 7) is 8.67. The van der Waals surface area contributed by atoms with Crippen LogP contribution in [-0.4, -0.2) is 23.7 Å². The fraction of sp³-hybridized carbons (Fsp3) is 0.538. The first-order chi connectivity index (χ1) is 7.55. The van der Waals surface area contributed by atoms with E-state index in [4.69, 9.17) is 5.11 Å². The molecule has 16 heavy (non-hydrogen) atoms. The van der Waals surface area contributed by atoms with Gasteiger partial charge in [-0.3, -0.25) is 0 Å². The zero-order chi connectivity index (χ0) is 11.8. The van der Waals surface area contributed by atoms with Crippen molar-refractivity contribution in [2.24, 2.45) is 0 Å². The Kier molecular flexibility index (Phi) is 2.80. The van der Waals surface area contributed by atoms with Gasteiger partial charge in [-0.2, -0.15) is 0 Å². The molecule has 0 atom stereocenters. The molecule has 1 heterocycles. The predicted octanol–water partition coefficient (Wildman–Crippen LogP) is 2.21. The normalized spacial score (nSPS) is 17.9. The van der Waals surface area contributed by atoms with Gasteiger partial charge in [-0.1, -0.05) is 6.07 Å². The van der Waals surface area contributed by atoms with Crippen molar-refractivity contribution in [2.45, 2.75) is 32.9 Å². The summed E-state index contributed by atoms with van der Waals surface area (Å²) in [5.41, 5.74) is 3.44. The quantitative estimate of drug-likeness (QED) is 0.802. The Hall–Kier alpha value is -1.22. The van der Waals surface area contributed by atoms with Crippen molar-refractivity contribution in [2.75, 3.05) is 23.3 Å². The maximum atomic E-state index is 9.16. The van der Waals surface area contributed by atoms with E-state index in [9.17, 15) is 0 Å². The van der Waals surface area contributed by atoms with Gasteiger partial charge >= 0.3 is 0 Å². The molecule has 1 aromatic carbocycles. The standard InChI is InChI=1S/C13H20N2O/c1-4-15-9-13(2,3)14-11-6-5-10(8-16)7-12(11)15/h5-7,14,16H,4,8-9H2,1-3H3. The Bertz CT molecular complexity index is 388. The summed E-state index contributed by atoms with van der Waals surface area (Å²) in [6.07, 6.45) is 0. The van der Waals surface area contributed by atoms with E-state index >= 15 is 0 Å². The number of hydrogen-bond acceptors (Lipinski definition) is 3. The molecule has 0 saturated carbocycles. The van der Waals surface area contributed by atoms with Crippen LogP contribution in [-0.2, 0) is 6.61 Å². The molecule has 0 aromatic heterocycles. The molecule has 1 aliphatic heterocycles. The second-order valence-electron chi connectivity index (χ2n) is 5.03. The van der Waals surface area contributed by atoms with Gasteiger partial charge in [-0.15, -0.1) is 0 Å². The number of nitrogens with zero attached hydrogens (tertiary/aromatic N) is 1. The number of fused-ring (bicyclic) bond motifs is 1. The molecule has 1 aliphatic rings. The highest BCUT2D eigenvalue weighted by Gasteiger charge is 2.28. The van der Waals surface area contributed by atoms with Gasteiger partial charge in [-0.05, 0) is 38.5 Å². The second kappa shape index (κ2) is 3.98. The van der Waals surface area contributed by atoms with E-state index in [0.29, 0.717) is 0 Å². The highest BCUT2D eigenvalue weighted by Crippen LogP contribution is 2.34. The third-order valence-corrected chi connectivity index (χ3v) is 3.03. The summed E-state index contributed by atoms with van der Waals surface area (Å²) < 4.78 is 0. The van der Waals surface area contributed by atoms with E-state index in [2.05, 4.69) is 43.1 Å². The molecule has 0 fully saturated rings. The summed E-state index contributed by atoms with van der Waals surface area (Å²) in [6, 6.07) is 6.10. The van der Waals surface area contributed by atoms with Crippen LogP contribution in [0.4, 0.5) is 11.4 Å². The third kappa shape index (κ3) is 2.00. The van der Waals surface area contributed by atoms with Crippen LogP contribution in [0.3, 0.4) is 0 Å². The van der Waals surface area contributed by atoms with Gasteiger partial charge < -0.3 is 15.3 Å². The molecule has 0 radical (unpaired) electrons. The van der Waals surface area contributed by atoms with Gasteiger partial charge in [-0.25, -0.2) is 0 Å². The van der Waals surface area contributed by atoms with E-state index in [1.54, 1.807) is 0 Å². The van der Waals surface area contributed by atoms with Crippen molar-refractivity contribution in [3.8, 4) is 0 Å². The average Bonchev–Trinajstić information content (AvgIpc) is 2.26. The second-order valence-corrected chi connectivity index (χ2v) is 5.03. The average molecular weight is 220 g/mol. The molecule has 88 valence electrons. The topological polar surface area (TPSA) is 35.5 Å². The van der Waals surface area contributed by atoms with E-state index < -0.39 is 0 Å². The number of anilines is 2. The summed E-state index contributed by atoms with van der Waals surface area (Å²) in [7, 11) is 0. The summed E-state index contributed by atoms with van der Waals surface area (Å²) >= 11 is 0. The van der Waals surface area contributed by atoms with Crippen LogP contribution in [0.2, 0.25) is 0 Å². The van der Waals surface area contributed by atoms with Crippen LogP contribution in [0, 0.1) is 0 Å². The van der Waals surface area contributed by atoms with Crippen molar-refractivity contribution in [3.63, 3.8) is 0 Å². The van der Waals surface area contributed by atoms with Gasteiger partial charge in [0.25, 0.3) is 0 Å². The van der Waals surface area contributed by atoms with Gasteiger partial charge in [0.15, 0.2) is 0 Å². The number of aliphatic hydroxyl groups excluding tert-OH is 1. The molecule has 2 rings (SSSR count). The minimum absolute atomic E-state index is 0.101. The zero-order valence-corrected chi connectivity index (χ0v) is 10.2. The van der Waals surface area contributed by atoms with Crippen LogP contribution >= 0.6 is 0 Å². The Morgan fingerprint density at radius 2 is 2.19 bits per heavy atom. The minimum Gasteiger partial charge on any atom is -0.392 e. The maximum Gasteiger partial charge on any atom is 0.0682 e. The Morgan fingerprint density at radius 3 is 2.81 bits per heavy atom. The van der Waals surface area contributed by atoms with Crippen molar-refractivity contribution in [1.82, 2.24) is 0 Å². The van der Waals surface area contributed by atoms with Gasteiger partial charge in [0.2, 0.25) is 0 Å². The van der Waals surface area contributed by atoms with Crippen LogP contribution < -0.4 is 10.2 Å². The summed E-state index contributed by atoms with van der Waals surface area (Å²) in [5.74, 6) is 0. The number of likely N-dealkylation sites (N-methyl/N-ethyl adjacent to an activating group) is 1. The first-order valence-electron chi connectivity index (χ1n) is 5.82. The zero-order valence-electron chi connectivity index (χ0n) is 10.2. The first-order valence-corrected chi connectivity index (χ1v) is 5.82. The number of benzene rings is 1. The Labute approximate surface area is 97.1 Å². The highest BCUT2D eigenvalue weighted by molar-refractivity contribution is 5.74. The molecule has 3 nitrogen and oxygen atoms in total. The lowest BCUT2D eigenvalue weighted by atomic mass is 9.98. The van der Waals surface area contributed by atoms with E-state index in [1.807, 2.05) is 6.07 Å². The lowest BCUT2D eigenvalue weighted by Gasteiger charge is -2.41. The Balaban J connectivity index is 2.42. The fourth-order valence-electron chi connectivity index (χ4n) is 2.29. The molecule has 0 saturated heterocycles. The number of hydrogen-bond donors (Lipinski definition) is 2. The number of rotatable bonds is 2. The molecule has 0 bridgehead atoms. The SMILES string of the molecule is CCN1CC(C)(C)Nc2ccc(CO)cc21. The first kappa shape index (κ1) is 11.3. The van der Waals surface area contributed by atoms with Crippen LogP contribution in [0.5, 0.6) is 0 Å². The summed E-state index contributed by atoms with van der Waals surface area (Å²) in [5, 5.41) is 12.7. The van der Waals surface area contributed by atoms with Gasteiger partial charge in [0.05, 0.1) is 18.0 Å². The van der Waals surface area contributed by atoms with E-state index in [1.165, 1.54) is 5.69 Å².